The quantitative estimate of drug-likeness (QED) is 0.810. The van der Waals surface area contributed by atoms with Crippen LogP contribution in [0.15, 0.2) is 23.1 Å². The van der Waals surface area contributed by atoms with Crippen molar-refractivity contribution in [1.82, 2.24) is 4.72 Å². The average molecular weight is 245 g/mol. The maximum Gasteiger partial charge on any atom is 0.247 e. The Morgan fingerprint density at radius 3 is 3.00 bits per heavy atom. The first-order valence-electron chi connectivity index (χ1n) is 4.99. The van der Waals surface area contributed by atoms with E-state index in [-0.39, 0.29) is 18.4 Å². The minimum atomic E-state index is -3.80. The molecule has 0 aromatic heterocycles. The Kier molecular flexibility index (Phi) is 2.86. The summed E-state index contributed by atoms with van der Waals surface area (Å²) in [6, 6.07) is 4.00. The summed E-state index contributed by atoms with van der Waals surface area (Å²) in [6.45, 7) is 2.04. The predicted molar refractivity (Wildman–Crippen MR) is 56.3 cm³/mol. The van der Waals surface area contributed by atoms with Gasteiger partial charge in [-0.05, 0) is 18.6 Å². The van der Waals surface area contributed by atoms with Gasteiger partial charge in [0.2, 0.25) is 10.0 Å². The van der Waals surface area contributed by atoms with Gasteiger partial charge < -0.3 is 4.74 Å². The van der Waals surface area contributed by atoms with Crippen molar-refractivity contribution in [3.8, 4) is 5.75 Å². The molecule has 0 radical (unpaired) electrons. The van der Waals surface area contributed by atoms with Gasteiger partial charge >= 0.3 is 0 Å². The molecule has 0 spiro atoms. The molecule has 0 amide bonds. The van der Waals surface area contributed by atoms with Crippen molar-refractivity contribution in [3.63, 3.8) is 0 Å². The van der Waals surface area contributed by atoms with E-state index in [0.717, 1.165) is 6.07 Å². The maximum atomic E-state index is 13.5. The van der Waals surface area contributed by atoms with Crippen LogP contribution in [0.3, 0.4) is 0 Å². The van der Waals surface area contributed by atoms with Crippen LogP contribution in [0.1, 0.15) is 13.3 Å². The monoisotopic (exact) mass is 245 g/mol. The third kappa shape index (κ3) is 1.90. The van der Waals surface area contributed by atoms with Crippen molar-refractivity contribution in [2.45, 2.75) is 24.3 Å². The van der Waals surface area contributed by atoms with Gasteiger partial charge in [-0.25, -0.2) is 17.5 Å². The summed E-state index contributed by atoms with van der Waals surface area (Å²) in [5.74, 6) is -0.710. The van der Waals surface area contributed by atoms with Crippen LogP contribution < -0.4 is 9.46 Å². The topological polar surface area (TPSA) is 55.4 Å². The van der Waals surface area contributed by atoms with Crippen LogP contribution in [0.25, 0.3) is 0 Å². The number of ether oxygens (including phenoxy) is 1. The van der Waals surface area contributed by atoms with Crippen LogP contribution in [0, 0.1) is 5.82 Å². The summed E-state index contributed by atoms with van der Waals surface area (Å²) in [6.07, 6.45) is 0.385. The number of fused-ring (bicyclic) bond motifs is 1. The molecule has 1 aromatic rings. The summed E-state index contributed by atoms with van der Waals surface area (Å²) in [4.78, 5) is -0.397. The van der Waals surface area contributed by atoms with Gasteiger partial charge in [-0.1, -0.05) is 13.0 Å². The van der Waals surface area contributed by atoms with E-state index in [2.05, 4.69) is 4.72 Å². The Morgan fingerprint density at radius 2 is 2.31 bits per heavy atom. The molecule has 0 saturated carbocycles. The molecular weight excluding hydrogens is 233 g/mol. The SMILES string of the molecule is CC[C@@H]1CNS(=O)(=O)c2c(F)cccc2O1. The number of halogens is 1. The molecule has 88 valence electrons. The van der Waals surface area contributed by atoms with Gasteiger partial charge in [0.1, 0.15) is 17.7 Å². The first-order valence-corrected chi connectivity index (χ1v) is 6.47. The smallest absolute Gasteiger partial charge is 0.247 e. The molecular formula is C10H12FNO3S. The Morgan fingerprint density at radius 1 is 1.56 bits per heavy atom. The Hall–Kier alpha value is -1.14. The van der Waals surface area contributed by atoms with Crippen LogP contribution in [0.5, 0.6) is 5.75 Å². The van der Waals surface area contributed by atoms with E-state index in [1.54, 1.807) is 0 Å². The molecule has 1 aromatic carbocycles. The summed E-state index contributed by atoms with van der Waals surface area (Å²) in [5, 5.41) is 0. The second-order valence-corrected chi connectivity index (χ2v) is 5.27. The summed E-state index contributed by atoms with van der Waals surface area (Å²) < 4.78 is 44.7. The first kappa shape index (κ1) is 11.3. The molecule has 1 atom stereocenters. The molecule has 1 aliphatic rings. The van der Waals surface area contributed by atoms with E-state index in [1.165, 1.54) is 12.1 Å². The van der Waals surface area contributed by atoms with Crippen molar-refractivity contribution in [2.24, 2.45) is 0 Å². The number of benzene rings is 1. The number of rotatable bonds is 1. The zero-order chi connectivity index (χ0) is 11.8. The van der Waals surface area contributed by atoms with Gasteiger partial charge in [0.15, 0.2) is 4.90 Å². The number of hydrogen-bond acceptors (Lipinski definition) is 3. The molecule has 6 heteroatoms. The number of hydrogen-bond donors (Lipinski definition) is 1. The summed E-state index contributed by atoms with van der Waals surface area (Å²) >= 11 is 0. The van der Waals surface area contributed by atoms with E-state index in [1.807, 2.05) is 6.92 Å². The van der Waals surface area contributed by atoms with Crippen molar-refractivity contribution >= 4 is 10.0 Å². The second-order valence-electron chi connectivity index (χ2n) is 3.57. The lowest BCUT2D eigenvalue weighted by molar-refractivity contribution is 0.199. The normalized spacial score (nSPS) is 23.0. The van der Waals surface area contributed by atoms with Crippen molar-refractivity contribution < 1.29 is 17.5 Å². The maximum absolute atomic E-state index is 13.5. The number of sulfonamides is 1. The average Bonchev–Trinajstić information content (AvgIpc) is 2.36. The summed E-state index contributed by atoms with van der Waals surface area (Å²) in [5.41, 5.74) is 0. The second kappa shape index (κ2) is 4.03. The van der Waals surface area contributed by atoms with Gasteiger partial charge in [-0.3, -0.25) is 0 Å². The zero-order valence-electron chi connectivity index (χ0n) is 8.73. The molecule has 16 heavy (non-hydrogen) atoms. The first-order chi connectivity index (χ1) is 7.54. The van der Waals surface area contributed by atoms with E-state index in [0.29, 0.717) is 6.42 Å². The molecule has 0 unspecified atom stereocenters. The summed E-state index contributed by atoms with van der Waals surface area (Å²) in [7, 11) is -3.80. The minimum absolute atomic E-state index is 0.0804. The molecule has 0 fully saturated rings. The minimum Gasteiger partial charge on any atom is -0.488 e. The highest BCUT2D eigenvalue weighted by Crippen LogP contribution is 2.29. The predicted octanol–water partition coefficient (Wildman–Crippen LogP) is 1.28. The van der Waals surface area contributed by atoms with E-state index < -0.39 is 20.7 Å². The standard InChI is InChI=1S/C10H12FNO3S/c1-2-7-6-12-16(13,14)10-8(11)4-3-5-9(10)15-7/h3-5,7,12H,2,6H2,1H3/t7-/m1/s1. The molecule has 0 bridgehead atoms. The van der Waals surface area contributed by atoms with Crippen molar-refractivity contribution in [3.05, 3.63) is 24.0 Å². The fourth-order valence-electron chi connectivity index (χ4n) is 1.57. The molecule has 4 nitrogen and oxygen atoms in total. The van der Waals surface area contributed by atoms with E-state index in [4.69, 9.17) is 4.74 Å². The fraction of sp³-hybridized carbons (Fsp3) is 0.400. The van der Waals surface area contributed by atoms with Gasteiger partial charge in [0.05, 0.1) is 0 Å². The molecule has 1 N–H and O–H groups in total. The largest absolute Gasteiger partial charge is 0.488 e. The van der Waals surface area contributed by atoms with Crippen LogP contribution in [0.4, 0.5) is 4.39 Å². The van der Waals surface area contributed by atoms with Crippen molar-refractivity contribution in [2.75, 3.05) is 6.54 Å². The molecule has 2 rings (SSSR count). The number of nitrogens with one attached hydrogen (secondary N) is 1. The van der Waals surface area contributed by atoms with Crippen LogP contribution in [-0.2, 0) is 10.0 Å². The van der Waals surface area contributed by atoms with E-state index in [9.17, 15) is 12.8 Å². The molecule has 1 aliphatic heterocycles. The van der Waals surface area contributed by atoms with Gasteiger partial charge in [-0.15, -0.1) is 0 Å². The lowest BCUT2D eigenvalue weighted by atomic mass is 10.2. The van der Waals surface area contributed by atoms with Crippen LogP contribution in [0.2, 0.25) is 0 Å². The van der Waals surface area contributed by atoms with Crippen LogP contribution in [-0.4, -0.2) is 21.1 Å². The highest BCUT2D eigenvalue weighted by molar-refractivity contribution is 7.89. The highest BCUT2D eigenvalue weighted by atomic mass is 32.2. The van der Waals surface area contributed by atoms with Crippen LogP contribution >= 0.6 is 0 Å². The molecule has 1 heterocycles. The Labute approximate surface area is 93.5 Å². The third-order valence-electron chi connectivity index (χ3n) is 2.45. The zero-order valence-corrected chi connectivity index (χ0v) is 9.55. The molecule has 0 aliphatic carbocycles. The van der Waals surface area contributed by atoms with Crippen molar-refractivity contribution in [1.29, 1.82) is 0 Å². The molecule has 0 saturated heterocycles. The van der Waals surface area contributed by atoms with E-state index >= 15 is 0 Å². The van der Waals surface area contributed by atoms with Gasteiger partial charge in [-0.2, -0.15) is 0 Å². The van der Waals surface area contributed by atoms with Gasteiger partial charge in [0, 0.05) is 6.54 Å². The lowest BCUT2D eigenvalue weighted by Crippen LogP contribution is -2.31. The Bertz CT molecular complexity index is 501. The fourth-order valence-corrected chi connectivity index (χ4v) is 2.82. The lowest BCUT2D eigenvalue weighted by Gasteiger charge is -2.13. The highest BCUT2D eigenvalue weighted by Gasteiger charge is 2.29. The Balaban J connectivity index is 2.58. The van der Waals surface area contributed by atoms with Gasteiger partial charge in [0.25, 0.3) is 0 Å². The third-order valence-corrected chi connectivity index (χ3v) is 3.93.